The summed E-state index contributed by atoms with van der Waals surface area (Å²) in [7, 11) is 0. The molecule has 7 nitrogen and oxygen atoms in total. The van der Waals surface area contributed by atoms with Gasteiger partial charge in [-0.05, 0) is 30.7 Å². The molecule has 1 aromatic carbocycles. The molecule has 2 aromatic heterocycles. The molecule has 0 bridgehead atoms. The van der Waals surface area contributed by atoms with Gasteiger partial charge < -0.3 is 19.2 Å². The van der Waals surface area contributed by atoms with Gasteiger partial charge in [0.05, 0.1) is 24.2 Å². The van der Waals surface area contributed by atoms with E-state index in [1.165, 1.54) is 0 Å². The Morgan fingerprint density at radius 2 is 2.12 bits per heavy atom. The zero-order valence-electron chi connectivity index (χ0n) is 12.9. The molecule has 1 aliphatic heterocycles. The molecule has 0 unspecified atom stereocenters. The predicted octanol–water partition coefficient (Wildman–Crippen LogP) is 3.07. The number of hydrogen-bond donors (Lipinski definition) is 1. The molecule has 4 rings (SSSR count). The van der Waals surface area contributed by atoms with Crippen molar-refractivity contribution < 1.29 is 13.7 Å². The first-order valence-electron chi connectivity index (χ1n) is 7.81. The van der Waals surface area contributed by atoms with Crippen LogP contribution >= 0.6 is 0 Å². The Kier molecular flexibility index (Phi) is 3.74. The monoisotopic (exact) mass is 324 g/mol. The lowest BCUT2D eigenvalue weighted by molar-refractivity contribution is -0.117. The van der Waals surface area contributed by atoms with Gasteiger partial charge in [-0.15, -0.1) is 0 Å². The molecule has 0 atom stereocenters. The number of carbonyl (C=O) groups is 1. The highest BCUT2D eigenvalue weighted by molar-refractivity contribution is 5.98. The number of carbonyl (C=O) groups excluding carboxylic acids is 1. The summed E-state index contributed by atoms with van der Waals surface area (Å²) >= 11 is 0. The molecule has 0 radical (unpaired) electrons. The van der Waals surface area contributed by atoms with Crippen molar-refractivity contribution >= 4 is 17.3 Å². The van der Waals surface area contributed by atoms with Gasteiger partial charge in [0, 0.05) is 13.0 Å². The first kappa shape index (κ1) is 14.5. The van der Waals surface area contributed by atoms with Crippen LogP contribution in [-0.4, -0.2) is 22.6 Å². The van der Waals surface area contributed by atoms with E-state index in [1.54, 1.807) is 18.4 Å². The van der Waals surface area contributed by atoms with Crippen LogP contribution in [0.4, 0.5) is 11.4 Å². The third-order valence-corrected chi connectivity index (χ3v) is 3.91. The van der Waals surface area contributed by atoms with Crippen LogP contribution in [0.1, 0.15) is 18.7 Å². The number of furan rings is 1. The van der Waals surface area contributed by atoms with Gasteiger partial charge in [0.2, 0.25) is 17.6 Å². The summed E-state index contributed by atoms with van der Waals surface area (Å²) in [5.74, 6) is 1.58. The summed E-state index contributed by atoms with van der Waals surface area (Å²) in [5.41, 5.74) is 1.75. The first-order valence-corrected chi connectivity index (χ1v) is 7.81. The second-order valence-corrected chi connectivity index (χ2v) is 5.51. The Hall–Kier alpha value is -3.09. The van der Waals surface area contributed by atoms with E-state index in [9.17, 15) is 4.79 Å². The Bertz CT molecular complexity index is 841. The normalized spacial score (nSPS) is 14.3. The minimum atomic E-state index is 0.155. The van der Waals surface area contributed by atoms with Crippen molar-refractivity contribution in [2.45, 2.75) is 19.4 Å². The molecule has 0 saturated carbocycles. The second-order valence-electron chi connectivity index (χ2n) is 5.51. The van der Waals surface area contributed by atoms with E-state index < -0.39 is 0 Å². The van der Waals surface area contributed by atoms with Crippen molar-refractivity contribution in [3.05, 3.63) is 48.6 Å². The minimum Gasteiger partial charge on any atom is -0.461 e. The van der Waals surface area contributed by atoms with Gasteiger partial charge in [-0.1, -0.05) is 17.3 Å². The van der Waals surface area contributed by atoms with Crippen molar-refractivity contribution in [1.29, 1.82) is 0 Å². The standard InChI is InChI=1S/C17H16N4O3/c22-16-8-3-9-21(16)13-6-2-1-5-12(13)18-11-15-19-17(20-24-15)14-7-4-10-23-14/h1-2,4-7,10,18H,3,8-9,11H2. The van der Waals surface area contributed by atoms with Crippen molar-refractivity contribution in [3.63, 3.8) is 0 Å². The molecule has 24 heavy (non-hydrogen) atoms. The van der Waals surface area contributed by atoms with Gasteiger partial charge in [-0.2, -0.15) is 4.98 Å². The van der Waals surface area contributed by atoms with E-state index >= 15 is 0 Å². The number of aromatic nitrogens is 2. The van der Waals surface area contributed by atoms with E-state index in [4.69, 9.17) is 8.94 Å². The average molecular weight is 324 g/mol. The van der Waals surface area contributed by atoms with Crippen LogP contribution in [0.25, 0.3) is 11.6 Å². The van der Waals surface area contributed by atoms with E-state index in [0.717, 1.165) is 24.3 Å². The predicted molar refractivity (Wildman–Crippen MR) is 87.4 cm³/mol. The number of rotatable bonds is 5. The summed E-state index contributed by atoms with van der Waals surface area (Å²) in [6.45, 7) is 1.12. The third kappa shape index (κ3) is 2.76. The maximum atomic E-state index is 12.0. The molecule has 122 valence electrons. The molecule has 3 aromatic rings. The van der Waals surface area contributed by atoms with Crippen LogP contribution in [0.2, 0.25) is 0 Å². The van der Waals surface area contributed by atoms with E-state index in [0.29, 0.717) is 30.4 Å². The lowest BCUT2D eigenvalue weighted by atomic mass is 10.2. The SMILES string of the molecule is O=C1CCCN1c1ccccc1NCc1nc(-c2ccco2)no1. The summed E-state index contributed by atoms with van der Waals surface area (Å²) < 4.78 is 10.5. The fraction of sp³-hybridized carbons (Fsp3) is 0.235. The average Bonchev–Trinajstić information content (AvgIpc) is 3.34. The zero-order valence-corrected chi connectivity index (χ0v) is 12.9. The van der Waals surface area contributed by atoms with Crippen molar-refractivity contribution in [1.82, 2.24) is 10.1 Å². The molecule has 1 aliphatic rings. The van der Waals surface area contributed by atoms with Crippen molar-refractivity contribution in [2.24, 2.45) is 0 Å². The van der Waals surface area contributed by atoms with Gasteiger partial charge in [0.25, 0.3) is 0 Å². The maximum Gasteiger partial charge on any atom is 0.246 e. The van der Waals surface area contributed by atoms with Crippen molar-refractivity contribution in [2.75, 3.05) is 16.8 Å². The first-order chi connectivity index (χ1) is 11.8. The number of hydrogen-bond acceptors (Lipinski definition) is 6. The zero-order chi connectivity index (χ0) is 16.4. The smallest absolute Gasteiger partial charge is 0.246 e. The molecule has 7 heteroatoms. The number of nitrogens with one attached hydrogen (secondary N) is 1. The van der Waals surface area contributed by atoms with Gasteiger partial charge in [-0.3, -0.25) is 4.79 Å². The van der Waals surface area contributed by atoms with Gasteiger partial charge in [0.1, 0.15) is 0 Å². The van der Waals surface area contributed by atoms with E-state index in [-0.39, 0.29) is 5.91 Å². The summed E-state index contributed by atoms with van der Waals surface area (Å²) in [4.78, 5) is 18.1. The number of benzene rings is 1. The number of nitrogens with zero attached hydrogens (tertiary/aromatic N) is 3. The highest BCUT2D eigenvalue weighted by Gasteiger charge is 2.23. The van der Waals surface area contributed by atoms with Crippen LogP contribution in [-0.2, 0) is 11.3 Å². The molecule has 1 N–H and O–H groups in total. The quantitative estimate of drug-likeness (QED) is 0.776. The van der Waals surface area contributed by atoms with Crippen LogP contribution in [0, 0.1) is 0 Å². The lowest BCUT2D eigenvalue weighted by Crippen LogP contribution is -2.24. The van der Waals surface area contributed by atoms with Crippen LogP contribution in [0.5, 0.6) is 0 Å². The Morgan fingerprint density at radius 3 is 2.92 bits per heavy atom. The third-order valence-electron chi connectivity index (χ3n) is 3.91. The number of para-hydroxylation sites is 2. The summed E-state index contributed by atoms with van der Waals surface area (Å²) in [5, 5.41) is 7.16. The van der Waals surface area contributed by atoms with Gasteiger partial charge >= 0.3 is 0 Å². The van der Waals surface area contributed by atoms with Gasteiger partial charge in [-0.25, -0.2) is 0 Å². The Labute approximate surface area is 138 Å². The Morgan fingerprint density at radius 1 is 1.21 bits per heavy atom. The molecule has 1 saturated heterocycles. The maximum absolute atomic E-state index is 12.0. The fourth-order valence-electron chi connectivity index (χ4n) is 2.76. The second kappa shape index (κ2) is 6.19. The number of amides is 1. The number of anilines is 2. The topological polar surface area (TPSA) is 84.4 Å². The summed E-state index contributed by atoms with van der Waals surface area (Å²) in [6, 6.07) is 11.3. The Balaban J connectivity index is 1.49. The highest BCUT2D eigenvalue weighted by atomic mass is 16.5. The molecular formula is C17H16N4O3. The molecule has 1 amide bonds. The van der Waals surface area contributed by atoms with Crippen LogP contribution in [0.15, 0.2) is 51.6 Å². The largest absolute Gasteiger partial charge is 0.461 e. The molecule has 0 aliphatic carbocycles. The van der Waals surface area contributed by atoms with Crippen molar-refractivity contribution in [3.8, 4) is 11.6 Å². The van der Waals surface area contributed by atoms with E-state index in [1.807, 2.05) is 29.2 Å². The summed E-state index contributed by atoms with van der Waals surface area (Å²) in [6.07, 6.45) is 3.06. The lowest BCUT2D eigenvalue weighted by Gasteiger charge is -2.19. The van der Waals surface area contributed by atoms with E-state index in [2.05, 4.69) is 15.5 Å². The van der Waals surface area contributed by atoms with Gasteiger partial charge in [0.15, 0.2) is 5.76 Å². The van der Waals surface area contributed by atoms with Crippen LogP contribution < -0.4 is 10.2 Å². The molecule has 0 spiro atoms. The minimum absolute atomic E-state index is 0.155. The fourth-order valence-corrected chi connectivity index (χ4v) is 2.76. The highest BCUT2D eigenvalue weighted by Crippen LogP contribution is 2.29. The molecule has 1 fully saturated rings. The molecule has 3 heterocycles. The van der Waals surface area contributed by atoms with Crippen LogP contribution in [0.3, 0.4) is 0 Å². The molecular weight excluding hydrogens is 308 g/mol.